The summed E-state index contributed by atoms with van der Waals surface area (Å²) in [4.78, 5) is 26.6. The van der Waals surface area contributed by atoms with Crippen molar-refractivity contribution in [2.45, 2.75) is 90.2 Å². The number of allylic oxidation sites excluding steroid dienone is 1. The summed E-state index contributed by atoms with van der Waals surface area (Å²) in [6.07, 6.45) is -7.87. The van der Waals surface area contributed by atoms with Gasteiger partial charge in [-0.2, -0.15) is 26.3 Å². The van der Waals surface area contributed by atoms with E-state index in [2.05, 4.69) is 13.8 Å². The topological polar surface area (TPSA) is 76.1 Å². The van der Waals surface area contributed by atoms with Gasteiger partial charge >= 0.3 is 24.4 Å². The minimum Gasteiger partial charge on any atom is -0.496 e. The third-order valence-electron chi connectivity index (χ3n) is 9.76. The number of benzene rings is 2. The first-order valence-corrected chi connectivity index (χ1v) is 15.2. The molecule has 3 aliphatic rings. The summed E-state index contributed by atoms with van der Waals surface area (Å²) in [5.74, 6) is -0.248. The smallest absolute Gasteiger partial charge is 0.416 e. The Kier molecular flexibility index (Phi) is 8.66. The molecular weight excluding hydrogens is 616 g/mol. The summed E-state index contributed by atoms with van der Waals surface area (Å²) in [5.41, 5.74) is -0.905. The predicted octanol–water partition coefficient (Wildman–Crippen LogP) is 9.08. The number of carboxylic acids is 1. The minimum atomic E-state index is -5.04. The molecule has 1 saturated carbocycles. The molecule has 1 amide bonds. The summed E-state index contributed by atoms with van der Waals surface area (Å²) >= 11 is 0. The lowest BCUT2D eigenvalue weighted by molar-refractivity contribution is -0.154. The number of alkyl halides is 6. The van der Waals surface area contributed by atoms with Crippen LogP contribution < -0.4 is 4.74 Å². The molecule has 2 aliphatic carbocycles. The average Bonchev–Trinajstić information content (AvgIpc) is 3.21. The van der Waals surface area contributed by atoms with Crippen molar-refractivity contribution < 1.29 is 50.5 Å². The van der Waals surface area contributed by atoms with Crippen LogP contribution in [0.25, 0.3) is 5.57 Å². The number of nitrogens with zero attached hydrogens (tertiary/aromatic N) is 1. The molecule has 5 rings (SSSR count). The fourth-order valence-electron chi connectivity index (χ4n) is 6.96. The number of aliphatic carboxylic acids is 1. The molecular formula is C34H37F6NO5. The second-order valence-electron chi connectivity index (χ2n) is 13.6. The van der Waals surface area contributed by atoms with Crippen LogP contribution in [-0.4, -0.2) is 41.8 Å². The number of hydrogen-bond acceptors (Lipinski definition) is 4. The Morgan fingerprint density at radius 2 is 1.65 bits per heavy atom. The van der Waals surface area contributed by atoms with Gasteiger partial charge in [0.1, 0.15) is 11.9 Å². The Balaban J connectivity index is 1.51. The lowest BCUT2D eigenvalue weighted by Gasteiger charge is -2.38. The minimum absolute atomic E-state index is 0.0484. The van der Waals surface area contributed by atoms with E-state index in [1.165, 1.54) is 12.0 Å². The Labute approximate surface area is 263 Å². The van der Waals surface area contributed by atoms with Crippen molar-refractivity contribution in [2.24, 2.45) is 10.8 Å². The summed E-state index contributed by atoms with van der Waals surface area (Å²) < 4.78 is 92.6. The van der Waals surface area contributed by atoms with Crippen LogP contribution in [0.4, 0.5) is 31.1 Å². The van der Waals surface area contributed by atoms with Gasteiger partial charge in [-0.15, -0.1) is 0 Å². The van der Waals surface area contributed by atoms with Gasteiger partial charge in [-0.05, 0) is 103 Å². The maximum absolute atomic E-state index is 13.6. The standard InChI is InChI=1S/C34H37F6NO5/c1-19-28(21-13-23(33(35,36)37)15-24(14-21)34(38,39)40)46-30(44)41(19)18-22-17-31(2,3)11-8-25(22)26-12-20(6-7-27(26)45-4)16-32(29(42)43)9-5-10-32/h6-7,12-15,19,28H,5,8-11,16-18H2,1-4H3,(H,42,43)/t19-,28-/m0/s1. The summed E-state index contributed by atoms with van der Waals surface area (Å²) in [6, 6.07) is 5.97. The Morgan fingerprint density at radius 3 is 2.17 bits per heavy atom. The van der Waals surface area contributed by atoms with E-state index in [-0.39, 0.29) is 23.6 Å². The highest BCUT2D eigenvalue weighted by molar-refractivity contribution is 5.78. The van der Waals surface area contributed by atoms with Crippen molar-refractivity contribution >= 4 is 17.6 Å². The average molecular weight is 654 g/mol. The summed E-state index contributed by atoms with van der Waals surface area (Å²) in [7, 11) is 1.53. The maximum Gasteiger partial charge on any atom is 0.416 e. The number of hydrogen-bond donors (Lipinski definition) is 1. The van der Waals surface area contributed by atoms with E-state index in [4.69, 9.17) is 9.47 Å². The van der Waals surface area contributed by atoms with E-state index in [1.807, 2.05) is 12.1 Å². The molecule has 2 aromatic carbocycles. The SMILES string of the molecule is COc1ccc(CC2(C(=O)O)CCC2)cc1C1=C(CN2C(=O)O[C@H](c3cc(C(F)(F)F)cc(C(F)(F)F)c3)[C@@H]2C)CC(C)(C)CC1. The lowest BCUT2D eigenvalue weighted by atomic mass is 9.65. The monoisotopic (exact) mass is 653 g/mol. The van der Waals surface area contributed by atoms with Crippen molar-refractivity contribution in [1.82, 2.24) is 4.90 Å². The van der Waals surface area contributed by atoms with Crippen LogP contribution in [0.2, 0.25) is 0 Å². The molecule has 2 aromatic rings. The molecule has 0 bridgehead atoms. The number of carboxylic acid groups (broad SMARTS) is 1. The molecule has 12 heteroatoms. The second-order valence-corrected chi connectivity index (χ2v) is 13.6. The maximum atomic E-state index is 13.6. The molecule has 0 unspecified atom stereocenters. The fourth-order valence-corrected chi connectivity index (χ4v) is 6.96. The lowest BCUT2D eigenvalue weighted by Crippen LogP contribution is -2.39. The molecule has 1 saturated heterocycles. The largest absolute Gasteiger partial charge is 0.496 e. The third-order valence-corrected chi connectivity index (χ3v) is 9.76. The zero-order valence-corrected chi connectivity index (χ0v) is 26.1. The third kappa shape index (κ3) is 6.57. The highest BCUT2D eigenvalue weighted by Crippen LogP contribution is 2.48. The summed E-state index contributed by atoms with van der Waals surface area (Å²) in [6.45, 7) is 5.76. The van der Waals surface area contributed by atoms with E-state index in [1.54, 1.807) is 13.0 Å². The van der Waals surface area contributed by atoms with Crippen LogP contribution in [0.3, 0.4) is 0 Å². The number of methoxy groups -OCH3 is 1. The molecule has 0 radical (unpaired) electrons. The van der Waals surface area contributed by atoms with Crippen LogP contribution in [-0.2, 0) is 28.3 Å². The van der Waals surface area contributed by atoms with Gasteiger partial charge in [0.15, 0.2) is 0 Å². The molecule has 0 aromatic heterocycles. The molecule has 250 valence electrons. The van der Waals surface area contributed by atoms with Crippen molar-refractivity contribution in [2.75, 3.05) is 13.7 Å². The number of carbonyl (C=O) groups excluding carboxylic acids is 1. The molecule has 1 heterocycles. The Morgan fingerprint density at radius 1 is 1.02 bits per heavy atom. The van der Waals surface area contributed by atoms with Crippen LogP contribution >= 0.6 is 0 Å². The van der Waals surface area contributed by atoms with Gasteiger partial charge in [0.05, 0.1) is 29.7 Å². The van der Waals surface area contributed by atoms with E-state index >= 15 is 0 Å². The van der Waals surface area contributed by atoms with Crippen LogP contribution in [0, 0.1) is 10.8 Å². The van der Waals surface area contributed by atoms with Crippen LogP contribution in [0.1, 0.15) is 93.2 Å². The highest BCUT2D eigenvalue weighted by atomic mass is 19.4. The van der Waals surface area contributed by atoms with E-state index in [9.17, 15) is 41.0 Å². The van der Waals surface area contributed by atoms with Gasteiger partial charge in [0.25, 0.3) is 0 Å². The number of amides is 1. The van der Waals surface area contributed by atoms with Crippen molar-refractivity contribution in [1.29, 1.82) is 0 Å². The number of rotatable bonds is 8. The first-order valence-electron chi connectivity index (χ1n) is 15.2. The van der Waals surface area contributed by atoms with Gasteiger partial charge in [-0.1, -0.05) is 26.3 Å². The number of carbonyl (C=O) groups is 2. The summed E-state index contributed by atoms with van der Waals surface area (Å²) in [5, 5.41) is 9.89. The van der Waals surface area contributed by atoms with Crippen molar-refractivity contribution in [3.8, 4) is 5.75 Å². The van der Waals surface area contributed by atoms with Gasteiger partial charge < -0.3 is 14.6 Å². The van der Waals surface area contributed by atoms with E-state index < -0.39 is 53.1 Å². The normalized spacial score (nSPS) is 22.8. The second kappa shape index (κ2) is 11.8. The molecule has 46 heavy (non-hydrogen) atoms. The quantitative estimate of drug-likeness (QED) is 0.288. The van der Waals surface area contributed by atoms with Crippen molar-refractivity contribution in [3.05, 3.63) is 69.8 Å². The number of cyclic esters (lactones) is 1. The molecule has 1 aliphatic heterocycles. The van der Waals surface area contributed by atoms with Gasteiger partial charge in [-0.25, -0.2) is 4.79 Å². The molecule has 2 atom stereocenters. The van der Waals surface area contributed by atoms with Crippen LogP contribution in [0.15, 0.2) is 42.0 Å². The van der Waals surface area contributed by atoms with Gasteiger partial charge in [0, 0.05) is 12.1 Å². The first-order chi connectivity index (χ1) is 21.3. The number of halogens is 6. The molecule has 1 N–H and O–H groups in total. The fraction of sp³-hybridized carbons (Fsp3) is 0.529. The number of ether oxygens (including phenoxy) is 2. The van der Waals surface area contributed by atoms with Gasteiger partial charge in [0.2, 0.25) is 0 Å². The molecule has 6 nitrogen and oxygen atoms in total. The van der Waals surface area contributed by atoms with Gasteiger partial charge in [-0.3, -0.25) is 9.69 Å². The van der Waals surface area contributed by atoms with E-state index in [0.717, 1.165) is 35.1 Å². The molecule has 2 fully saturated rings. The Bertz CT molecular complexity index is 1520. The molecule has 0 spiro atoms. The zero-order chi connectivity index (χ0) is 33.8. The zero-order valence-electron chi connectivity index (χ0n) is 26.1. The Hall–Kier alpha value is -3.70. The van der Waals surface area contributed by atoms with Crippen LogP contribution in [0.5, 0.6) is 5.75 Å². The predicted molar refractivity (Wildman–Crippen MR) is 157 cm³/mol. The van der Waals surface area contributed by atoms with E-state index in [0.29, 0.717) is 50.0 Å². The highest BCUT2D eigenvalue weighted by Gasteiger charge is 2.46. The van der Waals surface area contributed by atoms with Crippen molar-refractivity contribution in [3.63, 3.8) is 0 Å². The first kappa shape index (κ1) is 33.7.